The van der Waals surface area contributed by atoms with E-state index in [4.69, 9.17) is 4.74 Å². The number of ether oxygens (including phenoxy) is 1. The van der Waals surface area contributed by atoms with E-state index in [0.29, 0.717) is 0 Å². The van der Waals surface area contributed by atoms with Gasteiger partial charge in [-0.05, 0) is 20.8 Å². The first-order valence-electron chi connectivity index (χ1n) is 2.81. The summed E-state index contributed by atoms with van der Waals surface area (Å²) >= 11 is 0. The summed E-state index contributed by atoms with van der Waals surface area (Å²) in [5, 5.41) is 0. The maximum absolute atomic E-state index is 10.5. The van der Waals surface area contributed by atoms with Gasteiger partial charge in [0.25, 0.3) is 0 Å². The summed E-state index contributed by atoms with van der Waals surface area (Å²) in [6.45, 7) is 8.71. The molecule has 0 heterocycles. The maximum Gasteiger partial charge on any atom is 0.330 e. The maximum atomic E-state index is 10.5. The van der Waals surface area contributed by atoms with Gasteiger partial charge in [0.1, 0.15) is 5.60 Å². The molecule has 0 unspecified atom stereocenters. The molecule has 0 aliphatic heterocycles. The van der Waals surface area contributed by atoms with Crippen LogP contribution in [0.15, 0.2) is 12.7 Å². The molecule has 10 heavy (non-hydrogen) atoms. The number of esters is 1. The molecule has 0 aromatic carbocycles. The molecule has 56 valence electrons. The van der Waals surface area contributed by atoms with Crippen LogP contribution >= 0.6 is 0 Å². The normalized spacial score (nSPS) is 9.50. The van der Waals surface area contributed by atoms with Crippen LogP contribution in [-0.2, 0) is 35.4 Å². The number of hydrogen-bond donors (Lipinski definition) is 0. The zero-order valence-electron chi connectivity index (χ0n) is 6.60. The van der Waals surface area contributed by atoms with Crippen LogP contribution in [0.5, 0.6) is 0 Å². The summed E-state index contributed by atoms with van der Waals surface area (Å²) < 4.78 is 4.83. The summed E-state index contributed by atoms with van der Waals surface area (Å²) in [4.78, 5) is 10.5. The average molecular weight is 307 g/mol. The summed E-state index contributed by atoms with van der Waals surface area (Å²) in [5.74, 6) is -0.373. The SMILES string of the molecule is C=CC(=O)OC(C)(C)C.[Hf]. The molecular formula is C7H12HfO2. The van der Waals surface area contributed by atoms with E-state index in [2.05, 4.69) is 6.58 Å². The molecule has 0 N–H and O–H groups in total. The van der Waals surface area contributed by atoms with Crippen LogP contribution in [0.4, 0.5) is 0 Å². The summed E-state index contributed by atoms with van der Waals surface area (Å²) in [6.07, 6.45) is 1.16. The Morgan fingerprint density at radius 3 is 2.00 bits per heavy atom. The predicted molar refractivity (Wildman–Crippen MR) is 36.0 cm³/mol. The molecule has 0 amide bonds. The molecule has 0 saturated heterocycles. The van der Waals surface area contributed by atoms with Crippen molar-refractivity contribution in [3.8, 4) is 0 Å². The van der Waals surface area contributed by atoms with E-state index < -0.39 is 5.60 Å². The van der Waals surface area contributed by atoms with Crippen molar-refractivity contribution in [3.05, 3.63) is 12.7 Å². The van der Waals surface area contributed by atoms with E-state index >= 15 is 0 Å². The average Bonchev–Trinajstić information content (AvgIpc) is 1.62. The van der Waals surface area contributed by atoms with Crippen molar-refractivity contribution in [1.29, 1.82) is 0 Å². The molecule has 0 bridgehead atoms. The van der Waals surface area contributed by atoms with Gasteiger partial charge in [-0.2, -0.15) is 0 Å². The Kier molecular flexibility index (Phi) is 6.15. The van der Waals surface area contributed by atoms with Gasteiger partial charge in [-0.3, -0.25) is 0 Å². The third-order valence-electron chi connectivity index (χ3n) is 0.573. The quantitative estimate of drug-likeness (QED) is 0.417. The molecular weight excluding hydrogens is 295 g/mol. The van der Waals surface area contributed by atoms with Crippen molar-refractivity contribution in [1.82, 2.24) is 0 Å². The molecule has 0 fully saturated rings. The van der Waals surface area contributed by atoms with E-state index in [1.807, 2.05) is 20.8 Å². The van der Waals surface area contributed by atoms with Crippen LogP contribution < -0.4 is 0 Å². The van der Waals surface area contributed by atoms with Crippen molar-refractivity contribution in [3.63, 3.8) is 0 Å². The van der Waals surface area contributed by atoms with Gasteiger partial charge in [-0.1, -0.05) is 6.58 Å². The molecule has 0 aliphatic rings. The standard InChI is InChI=1S/C7H12O2.Hf/c1-5-6(8)9-7(2,3)4;/h5H,1H2,2-4H3;. The molecule has 3 heteroatoms. The van der Waals surface area contributed by atoms with Gasteiger partial charge in [0.2, 0.25) is 0 Å². The zero-order chi connectivity index (χ0) is 7.49. The molecule has 0 saturated carbocycles. The van der Waals surface area contributed by atoms with Crippen molar-refractivity contribution in [2.24, 2.45) is 0 Å². The molecule has 0 spiro atoms. The fraction of sp³-hybridized carbons (Fsp3) is 0.571. The van der Waals surface area contributed by atoms with E-state index in [1.54, 1.807) is 0 Å². The van der Waals surface area contributed by atoms with Gasteiger partial charge < -0.3 is 4.74 Å². The Balaban J connectivity index is 0. The summed E-state index contributed by atoms with van der Waals surface area (Å²) in [7, 11) is 0. The molecule has 0 atom stereocenters. The van der Waals surface area contributed by atoms with Crippen LogP contribution in [0.1, 0.15) is 20.8 Å². The fourth-order valence-corrected chi connectivity index (χ4v) is 0.343. The van der Waals surface area contributed by atoms with Gasteiger partial charge in [0.05, 0.1) is 0 Å². The van der Waals surface area contributed by atoms with Gasteiger partial charge in [0, 0.05) is 31.9 Å². The Labute approximate surface area is 80.4 Å². The second kappa shape index (κ2) is 4.83. The second-order valence-corrected chi connectivity index (χ2v) is 2.74. The summed E-state index contributed by atoms with van der Waals surface area (Å²) in [5.41, 5.74) is -0.398. The van der Waals surface area contributed by atoms with Crippen molar-refractivity contribution in [2.75, 3.05) is 0 Å². The van der Waals surface area contributed by atoms with Crippen LogP contribution in [0.25, 0.3) is 0 Å². The van der Waals surface area contributed by atoms with E-state index in [1.165, 1.54) is 0 Å². The van der Waals surface area contributed by atoms with Gasteiger partial charge in [-0.25, -0.2) is 4.79 Å². The number of hydrogen-bond acceptors (Lipinski definition) is 2. The largest absolute Gasteiger partial charge is 0.457 e. The Morgan fingerprint density at radius 1 is 1.50 bits per heavy atom. The second-order valence-electron chi connectivity index (χ2n) is 2.74. The van der Waals surface area contributed by atoms with Gasteiger partial charge in [-0.15, -0.1) is 0 Å². The predicted octanol–water partition coefficient (Wildman–Crippen LogP) is 1.51. The minimum atomic E-state index is -0.398. The Bertz CT molecular complexity index is 124. The fourth-order valence-electron chi connectivity index (χ4n) is 0.343. The van der Waals surface area contributed by atoms with Crippen LogP contribution in [-0.4, -0.2) is 11.6 Å². The number of rotatable bonds is 1. The minimum absolute atomic E-state index is 0. The Morgan fingerprint density at radius 2 is 1.90 bits per heavy atom. The zero-order valence-corrected chi connectivity index (χ0v) is 10.2. The first kappa shape index (κ1) is 12.7. The minimum Gasteiger partial charge on any atom is -0.457 e. The first-order valence-corrected chi connectivity index (χ1v) is 2.81. The van der Waals surface area contributed by atoms with Crippen LogP contribution in [0.3, 0.4) is 0 Å². The van der Waals surface area contributed by atoms with Gasteiger partial charge in [0.15, 0.2) is 0 Å². The molecule has 0 aromatic rings. The monoisotopic (exact) mass is 308 g/mol. The number of carbonyl (C=O) groups is 1. The molecule has 0 rings (SSSR count). The molecule has 2 nitrogen and oxygen atoms in total. The van der Waals surface area contributed by atoms with Crippen LogP contribution in [0, 0.1) is 0 Å². The molecule has 0 aliphatic carbocycles. The van der Waals surface area contributed by atoms with Gasteiger partial charge >= 0.3 is 5.97 Å². The Hall–Kier alpha value is 0.0801. The van der Waals surface area contributed by atoms with Crippen LogP contribution in [0.2, 0.25) is 0 Å². The third kappa shape index (κ3) is 8.08. The van der Waals surface area contributed by atoms with Crippen molar-refractivity contribution < 1.29 is 35.4 Å². The van der Waals surface area contributed by atoms with Crippen molar-refractivity contribution >= 4 is 5.97 Å². The topological polar surface area (TPSA) is 26.3 Å². The van der Waals surface area contributed by atoms with Crippen molar-refractivity contribution in [2.45, 2.75) is 26.4 Å². The van der Waals surface area contributed by atoms with E-state index in [9.17, 15) is 4.79 Å². The number of carbonyl (C=O) groups excluding carboxylic acids is 1. The van der Waals surface area contributed by atoms with E-state index in [0.717, 1.165) is 6.08 Å². The van der Waals surface area contributed by atoms with E-state index in [-0.39, 0.29) is 31.8 Å². The molecule has 0 radical (unpaired) electrons. The first-order chi connectivity index (χ1) is 3.95. The third-order valence-corrected chi connectivity index (χ3v) is 0.573. The molecule has 0 aromatic heterocycles. The smallest absolute Gasteiger partial charge is 0.330 e. The summed E-state index contributed by atoms with van der Waals surface area (Å²) in [6, 6.07) is 0.